The summed E-state index contributed by atoms with van der Waals surface area (Å²) >= 11 is 0. The Morgan fingerprint density at radius 3 is 2.60 bits per heavy atom. The highest BCUT2D eigenvalue weighted by Gasteiger charge is 2.22. The number of hydrogen-bond acceptors (Lipinski definition) is 3. The minimum atomic E-state index is 0.0631. The van der Waals surface area contributed by atoms with Crippen molar-refractivity contribution < 1.29 is 9.53 Å². The first-order valence-electron chi connectivity index (χ1n) is 7.57. The molecule has 20 heavy (non-hydrogen) atoms. The van der Waals surface area contributed by atoms with Crippen molar-refractivity contribution >= 4 is 11.9 Å². The van der Waals surface area contributed by atoms with Crippen molar-refractivity contribution in [3.05, 3.63) is 0 Å². The lowest BCUT2D eigenvalue weighted by Crippen LogP contribution is -2.45. The lowest BCUT2D eigenvalue weighted by Gasteiger charge is -2.31. The van der Waals surface area contributed by atoms with Crippen LogP contribution in [0.2, 0.25) is 0 Å². The van der Waals surface area contributed by atoms with Gasteiger partial charge in [0, 0.05) is 26.2 Å². The van der Waals surface area contributed by atoms with Gasteiger partial charge < -0.3 is 20.3 Å². The molecule has 2 N–H and O–H groups in total. The summed E-state index contributed by atoms with van der Waals surface area (Å²) in [5.41, 5.74) is 5.92. The van der Waals surface area contributed by atoms with Gasteiger partial charge in [-0.1, -0.05) is 19.3 Å². The van der Waals surface area contributed by atoms with E-state index < -0.39 is 0 Å². The molecule has 114 valence electrons. The van der Waals surface area contributed by atoms with Crippen LogP contribution in [0.15, 0.2) is 4.99 Å². The van der Waals surface area contributed by atoms with Crippen molar-refractivity contribution in [2.45, 2.75) is 38.1 Å². The van der Waals surface area contributed by atoms with Crippen LogP contribution in [-0.2, 0) is 9.53 Å². The number of nitrogens with zero attached hydrogens (tertiary/aromatic N) is 3. The van der Waals surface area contributed by atoms with Gasteiger partial charge in [-0.25, -0.2) is 4.99 Å². The molecule has 1 aliphatic carbocycles. The van der Waals surface area contributed by atoms with Crippen molar-refractivity contribution in [1.82, 2.24) is 9.80 Å². The highest BCUT2D eigenvalue weighted by Crippen LogP contribution is 2.21. The number of carbonyl (C=O) groups excluding carboxylic acids is 1. The van der Waals surface area contributed by atoms with Crippen LogP contribution in [0, 0.1) is 0 Å². The summed E-state index contributed by atoms with van der Waals surface area (Å²) in [7, 11) is 1.89. The predicted octanol–water partition coefficient (Wildman–Crippen LogP) is 0.424. The number of rotatable bonds is 3. The Hall–Kier alpha value is -1.30. The molecule has 1 amide bonds. The molecule has 1 aliphatic heterocycles. The Morgan fingerprint density at radius 2 is 1.95 bits per heavy atom. The van der Waals surface area contributed by atoms with Crippen molar-refractivity contribution in [2.75, 3.05) is 39.9 Å². The monoisotopic (exact) mass is 282 g/mol. The zero-order valence-corrected chi connectivity index (χ0v) is 12.4. The van der Waals surface area contributed by atoms with E-state index in [0.717, 1.165) is 25.9 Å². The third-order valence-electron chi connectivity index (χ3n) is 4.23. The number of morpholine rings is 1. The maximum atomic E-state index is 12.1. The van der Waals surface area contributed by atoms with E-state index in [9.17, 15) is 4.79 Å². The molecule has 6 nitrogen and oxygen atoms in total. The van der Waals surface area contributed by atoms with Crippen molar-refractivity contribution in [3.63, 3.8) is 0 Å². The van der Waals surface area contributed by atoms with Gasteiger partial charge in [0.05, 0.1) is 13.2 Å². The van der Waals surface area contributed by atoms with Gasteiger partial charge in [0.25, 0.3) is 0 Å². The molecule has 1 heterocycles. The summed E-state index contributed by atoms with van der Waals surface area (Å²) in [5.74, 6) is 0.520. The molecule has 2 fully saturated rings. The fraction of sp³-hybridized carbons (Fsp3) is 0.857. The molecular formula is C14H26N4O2. The molecule has 0 aromatic carbocycles. The summed E-state index contributed by atoms with van der Waals surface area (Å²) in [6.07, 6.45) is 5.97. The summed E-state index contributed by atoms with van der Waals surface area (Å²) in [4.78, 5) is 20.2. The van der Waals surface area contributed by atoms with Crippen molar-refractivity contribution in [2.24, 2.45) is 10.7 Å². The Bertz CT molecular complexity index is 347. The van der Waals surface area contributed by atoms with Gasteiger partial charge in [0.1, 0.15) is 6.54 Å². The molecule has 1 saturated heterocycles. The second-order valence-electron chi connectivity index (χ2n) is 5.57. The molecule has 0 unspecified atom stereocenters. The van der Waals surface area contributed by atoms with Gasteiger partial charge in [-0.15, -0.1) is 0 Å². The second-order valence-corrected chi connectivity index (χ2v) is 5.57. The number of likely N-dealkylation sites (N-methyl/N-ethyl adjacent to an activating group) is 1. The van der Waals surface area contributed by atoms with Gasteiger partial charge in [0.2, 0.25) is 5.91 Å². The van der Waals surface area contributed by atoms with E-state index in [-0.39, 0.29) is 12.5 Å². The average Bonchev–Trinajstić information content (AvgIpc) is 2.53. The van der Waals surface area contributed by atoms with Crippen LogP contribution < -0.4 is 5.73 Å². The Morgan fingerprint density at radius 1 is 1.30 bits per heavy atom. The third kappa shape index (κ3) is 4.10. The maximum Gasteiger partial charge on any atom is 0.244 e. The average molecular weight is 282 g/mol. The topological polar surface area (TPSA) is 71.2 Å². The number of nitrogens with two attached hydrogens (primary N) is 1. The lowest BCUT2D eigenvalue weighted by molar-refractivity contribution is -0.130. The van der Waals surface area contributed by atoms with E-state index in [4.69, 9.17) is 10.5 Å². The Kier molecular flexibility index (Phi) is 5.64. The summed E-state index contributed by atoms with van der Waals surface area (Å²) < 4.78 is 5.27. The number of ether oxygens (including phenoxy) is 1. The van der Waals surface area contributed by atoms with Crippen LogP contribution >= 0.6 is 0 Å². The van der Waals surface area contributed by atoms with Crippen LogP contribution in [0.5, 0.6) is 0 Å². The first kappa shape index (κ1) is 15.1. The predicted molar refractivity (Wildman–Crippen MR) is 78.5 cm³/mol. The van der Waals surface area contributed by atoms with Crippen LogP contribution in [0.25, 0.3) is 0 Å². The summed E-state index contributed by atoms with van der Waals surface area (Å²) in [6, 6.07) is 0.385. The fourth-order valence-electron chi connectivity index (χ4n) is 2.82. The lowest BCUT2D eigenvalue weighted by atomic mass is 9.94. The molecule has 0 atom stereocenters. The smallest absolute Gasteiger partial charge is 0.244 e. The van der Waals surface area contributed by atoms with E-state index in [2.05, 4.69) is 4.99 Å². The van der Waals surface area contributed by atoms with Crippen molar-refractivity contribution in [3.8, 4) is 0 Å². The van der Waals surface area contributed by atoms with E-state index in [1.54, 1.807) is 0 Å². The number of amides is 1. The van der Waals surface area contributed by atoms with E-state index in [0.29, 0.717) is 25.2 Å². The van der Waals surface area contributed by atoms with Gasteiger partial charge in [-0.2, -0.15) is 0 Å². The molecule has 2 rings (SSSR count). The first-order chi connectivity index (χ1) is 9.68. The number of hydrogen-bond donors (Lipinski definition) is 1. The Labute approximate surface area is 121 Å². The SMILES string of the molecule is CN(C(=O)CN=C(N)N1CCOCC1)C1CCCCC1. The molecule has 2 aliphatic rings. The molecule has 0 aromatic heterocycles. The van der Waals surface area contributed by atoms with Gasteiger partial charge in [-0.3, -0.25) is 4.79 Å². The first-order valence-corrected chi connectivity index (χ1v) is 7.57. The second kappa shape index (κ2) is 7.47. The molecule has 0 bridgehead atoms. The van der Waals surface area contributed by atoms with Gasteiger partial charge in [0.15, 0.2) is 5.96 Å². The normalized spacial score (nSPS) is 21.9. The van der Waals surface area contributed by atoms with Crippen molar-refractivity contribution in [1.29, 1.82) is 0 Å². The van der Waals surface area contributed by atoms with E-state index >= 15 is 0 Å². The zero-order valence-electron chi connectivity index (χ0n) is 12.4. The minimum absolute atomic E-state index is 0.0631. The number of carbonyl (C=O) groups is 1. The van der Waals surface area contributed by atoms with Crippen LogP contribution in [0.4, 0.5) is 0 Å². The number of guanidine groups is 1. The van der Waals surface area contributed by atoms with Gasteiger partial charge in [-0.05, 0) is 12.8 Å². The van der Waals surface area contributed by atoms with Gasteiger partial charge >= 0.3 is 0 Å². The fourth-order valence-corrected chi connectivity index (χ4v) is 2.82. The molecule has 0 spiro atoms. The Balaban J connectivity index is 1.80. The maximum absolute atomic E-state index is 12.1. The van der Waals surface area contributed by atoms with E-state index in [1.165, 1.54) is 19.3 Å². The van der Waals surface area contributed by atoms with E-state index in [1.807, 2.05) is 16.8 Å². The largest absolute Gasteiger partial charge is 0.378 e. The highest BCUT2D eigenvalue weighted by atomic mass is 16.5. The molecule has 1 saturated carbocycles. The minimum Gasteiger partial charge on any atom is -0.378 e. The number of aliphatic imine (C=N–C) groups is 1. The van der Waals surface area contributed by atoms with Crippen LogP contribution in [-0.4, -0.2) is 67.6 Å². The zero-order chi connectivity index (χ0) is 14.4. The molecule has 0 aromatic rings. The summed E-state index contributed by atoms with van der Waals surface area (Å²) in [6.45, 7) is 3.00. The summed E-state index contributed by atoms with van der Waals surface area (Å²) in [5, 5.41) is 0. The molecular weight excluding hydrogens is 256 g/mol. The third-order valence-corrected chi connectivity index (χ3v) is 4.23. The molecule has 0 radical (unpaired) electrons. The molecule has 6 heteroatoms. The standard InChI is InChI=1S/C14H26N4O2/c1-17(12-5-3-2-4-6-12)13(19)11-16-14(15)18-7-9-20-10-8-18/h12H,2-11H2,1H3,(H2,15,16). The highest BCUT2D eigenvalue weighted by molar-refractivity contribution is 5.84. The van der Waals surface area contributed by atoms with Crippen LogP contribution in [0.3, 0.4) is 0 Å². The van der Waals surface area contributed by atoms with Crippen LogP contribution in [0.1, 0.15) is 32.1 Å². The quantitative estimate of drug-likeness (QED) is 0.602.